The SMILES string of the molecule is C[n+]1ccc(/C=C/c2ccc3ccccn23)cc1.[I-]. The number of halogens is 1. The number of fused-ring (bicyclic) bond motifs is 1. The van der Waals surface area contributed by atoms with Gasteiger partial charge < -0.3 is 28.4 Å². The van der Waals surface area contributed by atoms with Gasteiger partial charge in [-0.05, 0) is 35.9 Å². The molecule has 0 fully saturated rings. The van der Waals surface area contributed by atoms with Crippen LogP contribution in [0.1, 0.15) is 11.3 Å². The molecule has 0 bridgehead atoms. The average Bonchev–Trinajstić information content (AvgIpc) is 2.82. The summed E-state index contributed by atoms with van der Waals surface area (Å²) in [6.07, 6.45) is 10.5. The molecule has 0 aliphatic rings. The van der Waals surface area contributed by atoms with E-state index in [0.717, 1.165) is 0 Å². The van der Waals surface area contributed by atoms with Gasteiger partial charge in [0.1, 0.15) is 7.05 Å². The minimum absolute atomic E-state index is 0. The number of hydrogen-bond donors (Lipinski definition) is 0. The molecule has 0 saturated carbocycles. The summed E-state index contributed by atoms with van der Waals surface area (Å²) in [7, 11) is 2.02. The number of pyridine rings is 2. The molecule has 0 saturated heterocycles. The molecular formula is C16H15IN2. The van der Waals surface area contributed by atoms with E-state index in [-0.39, 0.29) is 24.0 Å². The lowest BCUT2D eigenvalue weighted by molar-refractivity contribution is -0.671. The summed E-state index contributed by atoms with van der Waals surface area (Å²) in [5.74, 6) is 0. The van der Waals surface area contributed by atoms with E-state index in [4.69, 9.17) is 0 Å². The second kappa shape index (κ2) is 6.02. The maximum absolute atomic E-state index is 2.18. The molecule has 96 valence electrons. The second-order valence-corrected chi connectivity index (χ2v) is 4.38. The molecule has 0 N–H and O–H groups in total. The summed E-state index contributed by atoms with van der Waals surface area (Å²) < 4.78 is 4.21. The van der Waals surface area contributed by atoms with Crippen LogP contribution in [0.25, 0.3) is 17.7 Å². The van der Waals surface area contributed by atoms with Gasteiger partial charge in [-0.3, -0.25) is 0 Å². The largest absolute Gasteiger partial charge is 1.00 e. The van der Waals surface area contributed by atoms with E-state index >= 15 is 0 Å². The minimum atomic E-state index is 0. The molecule has 0 radical (unpaired) electrons. The fourth-order valence-electron chi connectivity index (χ4n) is 2.02. The van der Waals surface area contributed by atoms with Gasteiger partial charge in [-0.1, -0.05) is 12.1 Å². The van der Waals surface area contributed by atoms with E-state index in [1.807, 2.05) is 17.7 Å². The van der Waals surface area contributed by atoms with E-state index in [1.165, 1.54) is 16.8 Å². The molecule has 3 rings (SSSR count). The molecule has 3 heteroatoms. The average molecular weight is 362 g/mol. The Morgan fingerprint density at radius 3 is 2.53 bits per heavy atom. The van der Waals surface area contributed by atoms with Crippen LogP contribution in [0.5, 0.6) is 0 Å². The van der Waals surface area contributed by atoms with Crippen molar-refractivity contribution in [2.75, 3.05) is 0 Å². The zero-order valence-electron chi connectivity index (χ0n) is 10.7. The predicted molar refractivity (Wildman–Crippen MR) is 73.9 cm³/mol. The van der Waals surface area contributed by atoms with Crippen LogP contribution in [0.15, 0.2) is 61.1 Å². The highest BCUT2D eigenvalue weighted by atomic mass is 127. The van der Waals surface area contributed by atoms with Crippen molar-refractivity contribution in [3.8, 4) is 0 Å². The summed E-state index contributed by atoms with van der Waals surface area (Å²) in [5, 5.41) is 0. The van der Waals surface area contributed by atoms with Crippen molar-refractivity contribution in [1.82, 2.24) is 4.40 Å². The van der Waals surface area contributed by atoms with Crippen molar-refractivity contribution < 1.29 is 28.5 Å². The molecular weight excluding hydrogens is 347 g/mol. The van der Waals surface area contributed by atoms with E-state index in [1.54, 1.807) is 0 Å². The number of rotatable bonds is 2. The van der Waals surface area contributed by atoms with Crippen molar-refractivity contribution >= 4 is 17.7 Å². The fourth-order valence-corrected chi connectivity index (χ4v) is 2.02. The molecule has 0 spiro atoms. The van der Waals surface area contributed by atoms with Crippen molar-refractivity contribution in [2.45, 2.75) is 0 Å². The molecule has 0 atom stereocenters. The van der Waals surface area contributed by atoms with Crippen LogP contribution in [0, 0.1) is 0 Å². The third-order valence-corrected chi connectivity index (χ3v) is 3.05. The van der Waals surface area contributed by atoms with E-state index in [0.29, 0.717) is 0 Å². The molecule has 0 amide bonds. The van der Waals surface area contributed by atoms with Crippen LogP contribution in [0.3, 0.4) is 0 Å². The zero-order chi connectivity index (χ0) is 12.4. The van der Waals surface area contributed by atoms with Crippen LogP contribution in [0.4, 0.5) is 0 Å². The lowest BCUT2D eigenvalue weighted by atomic mass is 10.2. The number of hydrogen-bond acceptors (Lipinski definition) is 0. The Kier molecular flexibility index (Phi) is 4.37. The minimum Gasteiger partial charge on any atom is -1.00 e. The molecule has 3 heterocycles. The molecule has 3 aromatic rings. The van der Waals surface area contributed by atoms with Crippen LogP contribution in [-0.4, -0.2) is 4.40 Å². The topological polar surface area (TPSA) is 8.29 Å². The van der Waals surface area contributed by atoms with Crippen molar-refractivity contribution in [1.29, 1.82) is 0 Å². The quantitative estimate of drug-likeness (QED) is 0.446. The first-order valence-corrected chi connectivity index (χ1v) is 6.02. The molecule has 0 aliphatic heterocycles. The smallest absolute Gasteiger partial charge is 0.169 e. The van der Waals surface area contributed by atoms with Crippen molar-refractivity contribution in [2.24, 2.45) is 7.05 Å². The van der Waals surface area contributed by atoms with Gasteiger partial charge in [-0.2, -0.15) is 0 Å². The monoisotopic (exact) mass is 362 g/mol. The van der Waals surface area contributed by atoms with Gasteiger partial charge in [0.05, 0.1) is 0 Å². The number of aryl methyl sites for hydroxylation is 1. The lowest BCUT2D eigenvalue weighted by Crippen LogP contribution is -3.00. The van der Waals surface area contributed by atoms with Crippen molar-refractivity contribution in [3.63, 3.8) is 0 Å². The highest BCUT2D eigenvalue weighted by Gasteiger charge is 1.97. The Bertz CT molecular complexity index is 696. The van der Waals surface area contributed by atoms with Crippen LogP contribution in [-0.2, 0) is 7.05 Å². The Morgan fingerprint density at radius 1 is 0.947 bits per heavy atom. The Balaban J connectivity index is 0.00000133. The van der Waals surface area contributed by atoms with E-state index in [2.05, 4.69) is 71.5 Å². The summed E-state index contributed by atoms with van der Waals surface area (Å²) in [6, 6.07) is 14.7. The Morgan fingerprint density at radius 2 is 1.74 bits per heavy atom. The fraction of sp³-hybridized carbons (Fsp3) is 0.0625. The summed E-state index contributed by atoms with van der Waals surface area (Å²) in [5.41, 5.74) is 3.62. The van der Waals surface area contributed by atoms with Gasteiger partial charge in [0.2, 0.25) is 0 Å². The Hall–Kier alpha value is -1.62. The normalized spacial score (nSPS) is 10.8. The van der Waals surface area contributed by atoms with Crippen LogP contribution in [0.2, 0.25) is 0 Å². The summed E-state index contributed by atoms with van der Waals surface area (Å²) in [6.45, 7) is 0. The molecule has 0 unspecified atom stereocenters. The number of aromatic nitrogens is 2. The molecule has 0 aliphatic carbocycles. The summed E-state index contributed by atoms with van der Waals surface area (Å²) in [4.78, 5) is 0. The molecule has 0 aromatic carbocycles. The first kappa shape index (κ1) is 13.8. The van der Waals surface area contributed by atoms with Gasteiger partial charge in [-0.25, -0.2) is 4.57 Å². The predicted octanol–water partition coefficient (Wildman–Crippen LogP) is -0.0618. The third kappa shape index (κ3) is 3.04. The first-order chi connectivity index (χ1) is 8.83. The second-order valence-electron chi connectivity index (χ2n) is 4.38. The lowest BCUT2D eigenvalue weighted by Gasteiger charge is -1.97. The highest BCUT2D eigenvalue weighted by molar-refractivity contribution is 5.70. The molecule has 3 aromatic heterocycles. The summed E-state index contributed by atoms with van der Waals surface area (Å²) >= 11 is 0. The van der Waals surface area contributed by atoms with E-state index < -0.39 is 0 Å². The first-order valence-electron chi connectivity index (χ1n) is 6.02. The van der Waals surface area contributed by atoms with Gasteiger partial charge in [0.15, 0.2) is 12.4 Å². The van der Waals surface area contributed by atoms with Gasteiger partial charge in [0, 0.05) is 29.5 Å². The zero-order valence-corrected chi connectivity index (χ0v) is 12.9. The number of nitrogens with zero attached hydrogens (tertiary/aromatic N) is 2. The Labute approximate surface area is 130 Å². The standard InChI is InChI=1S/C16H15N2.HI/c1-17-12-9-14(10-13-17)5-6-16-8-7-15-4-2-3-11-18(15)16;/h2-13H,1H3;1H/q+1;/p-1. The van der Waals surface area contributed by atoms with Crippen LogP contribution < -0.4 is 28.5 Å². The van der Waals surface area contributed by atoms with Crippen molar-refractivity contribution in [3.05, 3.63) is 72.3 Å². The third-order valence-electron chi connectivity index (χ3n) is 3.05. The van der Waals surface area contributed by atoms with Gasteiger partial charge in [-0.15, -0.1) is 0 Å². The van der Waals surface area contributed by atoms with Gasteiger partial charge in [0.25, 0.3) is 0 Å². The van der Waals surface area contributed by atoms with E-state index in [9.17, 15) is 0 Å². The van der Waals surface area contributed by atoms with Crippen LogP contribution >= 0.6 is 0 Å². The molecule has 2 nitrogen and oxygen atoms in total. The maximum atomic E-state index is 2.18. The maximum Gasteiger partial charge on any atom is 0.169 e. The molecule has 19 heavy (non-hydrogen) atoms. The van der Waals surface area contributed by atoms with Gasteiger partial charge >= 0.3 is 0 Å². The highest BCUT2D eigenvalue weighted by Crippen LogP contribution is 2.12.